The molecule has 0 aliphatic rings. The summed E-state index contributed by atoms with van der Waals surface area (Å²) in [6.07, 6.45) is 1.23. The number of nitrogens with zero attached hydrogens (tertiary/aromatic N) is 1. The number of nitrogens with one attached hydrogen (secondary N) is 3. The number of carbonyl (C=O) groups excluding carboxylic acids is 3. The van der Waals surface area contributed by atoms with E-state index in [4.69, 9.17) is 9.47 Å². The molecule has 2 atom stereocenters. The summed E-state index contributed by atoms with van der Waals surface area (Å²) in [5.74, 6) is -0.313. The molecule has 0 saturated heterocycles. The number of anilines is 1. The molecule has 0 aliphatic carbocycles. The lowest BCUT2D eigenvalue weighted by Gasteiger charge is -2.21. The highest BCUT2D eigenvalue weighted by Crippen LogP contribution is 2.24. The summed E-state index contributed by atoms with van der Waals surface area (Å²) in [6.45, 7) is 4.35. The number of hydrogen-bond donors (Lipinski definition) is 3. The largest absolute Gasteiger partial charge is 1.00 e. The lowest BCUT2D eigenvalue weighted by atomic mass is 10.1. The van der Waals surface area contributed by atoms with Crippen molar-refractivity contribution in [3.63, 3.8) is 0 Å². The lowest BCUT2D eigenvalue weighted by Crippen LogP contribution is -3.00. The van der Waals surface area contributed by atoms with Gasteiger partial charge in [0.25, 0.3) is 5.91 Å². The minimum Gasteiger partial charge on any atom is -1.00 e. The maximum Gasteiger partial charge on any atom is 0.413 e. The molecule has 226 valence electrons. The van der Waals surface area contributed by atoms with Gasteiger partial charge in [0.05, 0.1) is 16.7 Å². The Morgan fingerprint density at radius 3 is 2.40 bits per heavy atom. The Hall–Kier alpha value is -3.67. The molecule has 3 aromatic carbocycles. The molecule has 0 aliphatic heterocycles. The van der Waals surface area contributed by atoms with Gasteiger partial charge in [0.2, 0.25) is 0 Å². The highest BCUT2D eigenvalue weighted by molar-refractivity contribution is 9.10. The van der Waals surface area contributed by atoms with E-state index in [1.807, 2.05) is 53.2 Å². The molecule has 43 heavy (non-hydrogen) atoms. The van der Waals surface area contributed by atoms with Crippen molar-refractivity contribution in [1.29, 1.82) is 0 Å². The normalized spacial score (nSPS) is 11.9. The van der Waals surface area contributed by atoms with Crippen LogP contribution in [-0.2, 0) is 16.0 Å². The maximum absolute atomic E-state index is 13.0. The summed E-state index contributed by atoms with van der Waals surface area (Å²) in [6, 6.07) is 22.1. The number of ether oxygens (including phenoxy) is 2. The molecule has 9 nitrogen and oxygen atoms in total. The summed E-state index contributed by atoms with van der Waals surface area (Å²) in [5, 5.41) is 9.92. The third-order valence-corrected chi connectivity index (χ3v) is 7.11. The van der Waals surface area contributed by atoms with Crippen LogP contribution in [0.4, 0.5) is 15.3 Å². The van der Waals surface area contributed by atoms with Crippen molar-refractivity contribution in [1.82, 2.24) is 10.6 Å². The van der Waals surface area contributed by atoms with E-state index in [-0.39, 0.29) is 24.9 Å². The Kier molecular flexibility index (Phi) is 12.8. The van der Waals surface area contributed by atoms with Gasteiger partial charge in [-0.05, 0) is 58.1 Å². The summed E-state index contributed by atoms with van der Waals surface area (Å²) < 4.78 is 14.5. The number of fused-ring (bicyclic) bond motifs is 1. The first-order valence-electron chi connectivity index (χ1n) is 13.4. The first-order valence-corrected chi connectivity index (χ1v) is 15.0. The zero-order chi connectivity index (χ0) is 30.1. The molecule has 2 unspecified atom stereocenters. The van der Waals surface area contributed by atoms with E-state index in [9.17, 15) is 14.4 Å². The van der Waals surface area contributed by atoms with Crippen molar-refractivity contribution >= 4 is 66.4 Å². The number of aryl methyl sites for hydroxylation is 1. The number of carbonyl (C=O) groups is 3. The summed E-state index contributed by atoms with van der Waals surface area (Å²) in [5.41, 5.74) is 1.72. The second-order valence-electron chi connectivity index (χ2n) is 9.48. The molecule has 1 heterocycles. The van der Waals surface area contributed by atoms with Gasteiger partial charge in [-0.15, -0.1) is 0 Å². The molecule has 0 spiro atoms. The number of hydrogen-bond acceptors (Lipinski definition) is 5. The molecule has 0 fully saturated rings. The summed E-state index contributed by atoms with van der Waals surface area (Å²) >= 11 is 6.89. The number of amides is 3. The Labute approximate surface area is 273 Å². The predicted octanol–water partition coefficient (Wildman–Crippen LogP) is 3.86. The maximum atomic E-state index is 13.0. The van der Waals surface area contributed by atoms with E-state index in [0.717, 1.165) is 32.7 Å². The van der Waals surface area contributed by atoms with Crippen LogP contribution in [0, 0.1) is 0 Å². The minimum atomic E-state index is -0.999. The molecule has 3 N–H and O–H groups in total. The van der Waals surface area contributed by atoms with Crippen LogP contribution >= 0.6 is 31.9 Å². The number of halogens is 3. The molecule has 4 rings (SSSR count). The van der Waals surface area contributed by atoms with Crippen LogP contribution < -0.4 is 32.9 Å². The zero-order valence-corrected chi connectivity index (χ0v) is 27.4. The predicted molar refractivity (Wildman–Crippen MR) is 167 cm³/mol. The minimum absolute atomic E-state index is 0. The third kappa shape index (κ3) is 9.94. The molecule has 1 aromatic heterocycles. The van der Waals surface area contributed by atoms with Crippen molar-refractivity contribution < 1.29 is 40.8 Å². The van der Waals surface area contributed by atoms with E-state index in [1.165, 1.54) is 6.92 Å². The molecule has 3 amide bonds. The smallest absolute Gasteiger partial charge is 0.413 e. The molecule has 12 heteroatoms. The zero-order valence-electron chi connectivity index (χ0n) is 23.5. The third-order valence-electron chi connectivity index (χ3n) is 6.18. The number of benzene rings is 3. The topological polar surface area (TPSA) is 110 Å². The molecular weight excluding hydrogens is 704 g/mol. The Morgan fingerprint density at radius 1 is 0.884 bits per heavy atom. The van der Waals surface area contributed by atoms with Crippen molar-refractivity contribution in [2.45, 2.75) is 39.1 Å². The van der Waals surface area contributed by atoms with E-state index in [2.05, 4.69) is 54.7 Å². The van der Waals surface area contributed by atoms with Gasteiger partial charge in [-0.25, -0.2) is 14.2 Å². The van der Waals surface area contributed by atoms with Gasteiger partial charge >= 0.3 is 12.2 Å². The van der Waals surface area contributed by atoms with Gasteiger partial charge in [-0.3, -0.25) is 15.4 Å². The Bertz CT molecular complexity index is 1580. The highest BCUT2D eigenvalue weighted by Gasteiger charge is 2.22. The van der Waals surface area contributed by atoms with Gasteiger partial charge in [-0.2, -0.15) is 0 Å². The van der Waals surface area contributed by atoms with Crippen LogP contribution in [0.25, 0.3) is 10.8 Å². The van der Waals surface area contributed by atoms with Gasteiger partial charge < -0.3 is 27.2 Å². The highest BCUT2D eigenvalue weighted by atomic mass is 79.9. The number of rotatable bonds is 10. The van der Waals surface area contributed by atoms with Crippen molar-refractivity contribution in [2.24, 2.45) is 0 Å². The quantitative estimate of drug-likeness (QED) is 0.170. The second kappa shape index (κ2) is 16.3. The second-order valence-corrected chi connectivity index (χ2v) is 11.3. The SMILES string of the molecule is CCC[n+]1cc(Br)cc(C(=O)NCC(OC(=O)NC(C)OC(=O)Nc2cccc3ccccc23)c2cccc(Br)c2)c1.[Cl-]. The van der Waals surface area contributed by atoms with Gasteiger partial charge in [-0.1, -0.05) is 71.4 Å². The fraction of sp³-hybridized carbons (Fsp3) is 0.226. The standard InChI is InChI=1S/C31H30Br2N4O5.ClH/c1-3-14-37-18-23(16-25(33)19-37)29(38)34-17-28(22-10-6-11-24(32)15-22)42-30(39)35-20(2)41-31(40)36-27-13-7-9-21-8-4-5-12-26(21)27;/h4-13,15-16,18-20,28H,3,14,17H2,1-2H3,(H2-,34,35,36,38,39,40);1H. The molecule has 0 saturated carbocycles. The molecular formula is C31H31Br2ClN4O5. The van der Waals surface area contributed by atoms with E-state index >= 15 is 0 Å². The van der Waals surface area contributed by atoms with Crippen LogP contribution in [0.2, 0.25) is 0 Å². The van der Waals surface area contributed by atoms with Gasteiger partial charge in [0, 0.05) is 16.3 Å². The number of aromatic nitrogens is 1. The average molecular weight is 735 g/mol. The lowest BCUT2D eigenvalue weighted by molar-refractivity contribution is -0.697. The fourth-order valence-electron chi connectivity index (χ4n) is 4.32. The monoisotopic (exact) mass is 732 g/mol. The molecule has 0 bridgehead atoms. The summed E-state index contributed by atoms with van der Waals surface area (Å²) in [4.78, 5) is 38.4. The van der Waals surface area contributed by atoms with Crippen LogP contribution in [-0.4, -0.2) is 30.9 Å². The first-order chi connectivity index (χ1) is 20.2. The molecule has 4 aromatic rings. The van der Waals surface area contributed by atoms with Crippen LogP contribution in [0.5, 0.6) is 0 Å². The van der Waals surface area contributed by atoms with E-state index in [0.29, 0.717) is 16.8 Å². The van der Waals surface area contributed by atoms with Crippen LogP contribution in [0.15, 0.2) is 94.1 Å². The van der Waals surface area contributed by atoms with E-state index < -0.39 is 24.5 Å². The van der Waals surface area contributed by atoms with Crippen molar-refractivity contribution in [3.8, 4) is 0 Å². The summed E-state index contributed by atoms with van der Waals surface area (Å²) in [7, 11) is 0. The van der Waals surface area contributed by atoms with E-state index in [1.54, 1.807) is 36.5 Å². The van der Waals surface area contributed by atoms with Crippen molar-refractivity contribution in [2.75, 3.05) is 11.9 Å². The van der Waals surface area contributed by atoms with Crippen LogP contribution in [0.1, 0.15) is 42.3 Å². The van der Waals surface area contributed by atoms with Gasteiger partial charge in [0.15, 0.2) is 18.6 Å². The average Bonchev–Trinajstić information content (AvgIpc) is 2.95. The Morgan fingerprint density at radius 2 is 1.63 bits per heavy atom. The number of alkyl carbamates (subject to hydrolysis) is 1. The molecule has 0 radical (unpaired) electrons. The van der Waals surface area contributed by atoms with Gasteiger partial charge in [0.1, 0.15) is 18.2 Å². The number of pyridine rings is 1. The Balaban J connectivity index is 0.00000506. The fourth-order valence-corrected chi connectivity index (χ4v) is 5.25. The van der Waals surface area contributed by atoms with Crippen molar-refractivity contribution in [3.05, 3.63) is 105 Å². The van der Waals surface area contributed by atoms with Crippen LogP contribution in [0.3, 0.4) is 0 Å². The first kappa shape index (κ1) is 33.8.